The van der Waals surface area contributed by atoms with Gasteiger partial charge >= 0.3 is 6.72 Å². The molecule has 0 saturated heterocycles. The smallest absolute Gasteiger partial charge is 0.306 e. The zero-order chi connectivity index (χ0) is 13.0. The lowest BCUT2D eigenvalue weighted by Crippen LogP contribution is -2.08. The predicted molar refractivity (Wildman–Crippen MR) is 81.0 cm³/mol. The quantitative estimate of drug-likeness (QED) is 0.202. The molecule has 102 valence electrons. The maximum absolute atomic E-state index is 12.3. The van der Waals surface area contributed by atoms with E-state index in [4.69, 9.17) is 4.52 Å². The van der Waals surface area contributed by atoms with Crippen molar-refractivity contribution in [1.29, 1.82) is 0 Å². The molecule has 4 nitrogen and oxygen atoms in total. The lowest BCUT2D eigenvalue weighted by molar-refractivity contribution is 0.343. The highest BCUT2D eigenvalue weighted by Gasteiger charge is 2.22. The van der Waals surface area contributed by atoms with Gasteiger partial charge in [0, 0.05) is 22.7 Å². The van der Waals surface area contributed by atoms with Crippen LogP contribution in [0.2, 0.25) is 0 Å². The summed E-state index contributed by atoms with van der Waals surface area (Å²) in [5.74, 6) is 0.992. The fourth-order valence-electron chi connectivity index (χ4n) is 0.865. The fraction of sp³-hybridized carbons (Fsp3) is 0.900. The molecule has 0 rings (SSSR count). The van der Waals surface area contributed by atoms with Crippen molar-refractivity contribution in [2.75, 3.05) is 18.9 Å². The van der Waals surface area contributed by atoms with Crippen LogP contribution in [-0.2, 0) is 9.09 Å². The first-order valence-corrected chi connectivity index (χ1v) is 10.5. The van der Waals surface area contributed by atoms with Crippen molar-refractivity contribution in [2.45, 2.75) is 40.0 Å². The molecule has 0 aromatic heterocycles. The molecule has 0 aliphatic carbocycles. The standard InChI is InChI=1S/C10H23N2O2PS2/c1-4-7-9-16-17-15(13,14-6-3)12-10-11-8-5-2/h10H,4-9H2,1-3H3,(H,11,12,13). The molecule has 0 spiro atoms. The average Bonchev–Trinajstić information content (AvgIpc) is 2.31. The number of rotatable bonds is 11. The van der Waals surface area contributed by atoms with E-state index in [-0.39, 0.29) is 0 Å². The molecule has 0 amide bonds. The van der Waals surface area contributed by atoms with Gasteiger partial charge in [0.15, 0.2) is 0 Å². The highest BCUT2D eigenvalue weighted by molar-refractivity contribution is 8.99. The molecule has 0 aliphatic heterocycles. The fourth-order valence-corrected chi connectivity index (χ4v) is 6.61. The highest BCUT2D eigenvalue weighted by atomic mass is 33.3. The second kappa shape index (κ2) is 11.5. The number of nitrogens with one attached hydrogen (secondary N) is 1. The molecule has 0 radical (unpaired) electrons. The molecule has 0 aliphatic rings. The predicted octanol–water partition coefficient (Wildman–Crippen LogP) is 4.34. The molecular formula is C10H23N2O2PS2. The van der Waals surface area contributed by atoms with E-state index < -0.39 is 6.72 Å². The molecule has 0 fully saturated rings. The molecule has 1 N–H and O–H groups in total. The van der Waals surface area contributed by atoms with Crippen molar-refractivity contribution in [1.82, 2.24) is 5.09 Å². The third-order valence-corrected chi connectivity index (χ3v) is 8.23. The van der Waals surface area contributed by atoms with E-state index in [1.54, 1.807) is 10.8 Å². The van der Waals surface area contributed by atoms with Crippen LogP contribution in [-0.4, -0.2) is 25.2 Å². The largest absolute Gasteiger partial charge is 0.362 e. The third kappa shape index (κ3) is 10.0. The van der Waals surface area contributed by atoms with Crippen LogP contribution in [0.3, 0.4) is 0 Å². The summed E-state index contributed by atoms with van der Waals surface area (Å²) in [4.78, 5) is 4.09. The van der Waals surface area contributed by atoms with Crippen molar-refractivity contribution >= 4 is 34.3 Å². The second-order valence-electron chi connectivity index (χ2n) is 3.33. The topological polar surface area (TPSA) is 50.7 Å². The van der Waals surface area contributed by atoms with Crippen LogP contribution in [0.15, 0.2) is 4.99 Å². The average molecular weight is 298 g/mol. The molecule has 0 heterocycles. The van der Waals surface area contributed by atoms with Gasteiger partial charge < -0.3 is 4.52 Å². The Morgan fingerprint density at radius 2 is 2.12 bits per heavy atom. The Kier molecular flexibility index (Phi) is 11.7. The van der Waals surface area contributed by atoms with E-state index in [2.05, 4.69) is 23.9 Å². The zero-order valence-corrected chi connectivity index (χ0v) is 13.4. The van der Waals surface area contributed by atoms with E-state index in [1.165, 1.54) is 16.8 Å². The lowest BCUT2D eigenvalue weighted by atomic mass is 10.4. The van der Waals surface area contributed by atoms with Crippen molar-refractivity contribution in [3.8, 4) is 0 Å². The molecular weight excluding hydrogens is 275 g/mol. The van der Waals surface area contributed by atoms with E-state index in [0.717, 1.165) is 31.6 Å². The number of unbranched alkanes of at least 4 members (excludes halogenated alkanes) is 1. The summed E-state index contributed by atoms with van der Waals surface area (Å²) in [5.41, 5.74) is 0. The SMILES string of the molecule is CCCCSSP(=O)(NC=NCCC)OCC. The van der Waals surface area contributed by atoms with Gasteiger partial charge in [-0.25, -0.2) is 0 Å². The van der Waals surface area contributed by atoms with Gasteiger partial charge in [-0.2, -0.15) is 0 Å². The van der Waals surface area contributed by atoms with Crippen molar-refractivity contribution < 1.29 is 9.09 Å². The summed E-state index contributed by atoms with van der Waals surface area (Å²) < 4.78 is 17.5. The van der Waals surface area contributed by atoms with Gasteiger partial charge in [-0.05, 0) is 19.8 Å². The molecule has 0 saturated carbocycles. The normalized spacial score (nSPS) is 15.0. The summed E-state index contributed by atoms with van der Waals surface area (Å²) >= 11 is 0. The first-order valence-electron chi connectivity index (χ1n) is 6.00. The van der Waals surface area contributed by atoms with Gasteiger partial charge in [-0.3, -0.25) is 14.6 Å². The molecule has 0 aromatic carbocycles. The van der Waals surface area contributed by atoms with Gasteiger partial charge in [0.25, 0.3) is 0 Å². The second-order valence-corrected chi connectivity index (χ2v) is 9.57. The van der Waals surface area contributed by atoms with Crippen molar-refractivity contribution in [3.05, 3.63) is 0 Å². The first-order chi connectivity index (χ1) is 8.18. The summed E-state index contributed by atoms with van der Waals surface area (Å²) in [5, 5.41) is 2.79. The lowest BCUT2D eigenvalue weighted by Gasteiger charge is -2.15. The van der Waals surface area contributed by atoms with E-state index in [0.29, 0.717) is 6.61 Å². The van der Waals surface area contributed by atoms with Gasteiger partial charge in [0.1, 0.15) is 0 Å². The van der Waals surface area contributed by atoms with Crippen LogP contribution >= 0.6 is 27.9 Å². The van der Waals surface area contributed by atoms with Gasteiger partial charge in [0.05, 0.1) is 12.9 Å². The minimum absolute atomic E-state index is 0.438. The number of nitrogens with zero attached hydrogens (tertiary/aromatic N) is 1. The highest BCUT2D eigenvalue weighted by Crippen LogP contribution is 2.61. The Balaban J connectivity index is 4.02. The Labute approximate surface area is 112 Å². The van der Waals surface area contributed by atoms with Crippen molar-refractivity contribution in [3.63, 3.8) is 0 Å². The zero-order valence-electron chi connectivity index (χ0n) is 10.8. The summed E-state index contributed by atoms with van der Waals surface area (Å²) in [6, 6.07) is 0. The minimum Gasteiger partial charge on any atom is -0.306 e. The number of hydrogen-bond acceptors (Lipinski definition) is 5. The Bertz CT molecular complexity index is 252. The van der Waals surface area contributed by atoms with Gasteiger partial charge in [0.2, 0.25) is 0 Å². The van der Waals surface area contributed by atoms with E-state index in [9.17, 15) is 4.57 Å². The number of aliphatic imine (C=N–C) groups is 1. The summed E-state index contributed by atoms with van der Waals surface area (Å²) in [6.45, 7) is 4.40. The molecule has 0 bridgehead atoms. The molecule has 1 atom stereocenters. The number of hydrogen-bond donors (Lipinski definition) is 1. The van der Waals surface area contributed by atoms with Crippen LogP contribution in [0.4, 0.5) is 0 Å². The van der Waals surface area contributed by atoms with Crippen LogP contribution in [0.5, 0.6) is 0 Å². The van der Waals surface area contributed by atoms with E-state index in [1.807, 2.05) is 6.92 Å². The van der Waals surface area contributed by atoms with Crippen LogP contribution < -0.4 is 5.09 Å². The summed E-state index contributed by atoms with van der Waals surface area (Å²) in [7, 11) is 2.89. The molecule has 0 aromatic rings. The summed E-state index contributed by atoms with van der Waals surface area (Å²) in [6.07, 6.45) is 4.77. The van der Waals surface area contributed by atoms with Crippen LogP contribution in [0.1, 0.15) is 40.0 Å². The Morgan fingerprint density at radius 3 is 2.71 bits per heavy atom. The van der Waals surface area contributed by atoms with Crippen molar-refractivity contribution in [2.24, 2.45) is 4.99 Å². The van der Waals surface area contributed by atoms with Crippen LogP contribution in [0, 0.1) is 0 Å². The van der Waals surface area contributed by atoms with Gasteiger partial charge in [-0.1, -0.05) is 31.1 Å². The maximum Gasteiger partial charge on any atom is 0.362 e. The third-order valence-electron chi connectivity index (χ3n) is 1.69. The maximum atomic E-state index is 12.3. The Morgan fingerprint density at radius 1 is 1.35 bits per heavy atom. The first kappa shape index (κ1) is 17.4. The molecule has 7 heteroatoms. The van der Waals surface area contributed by atoms with E-state index >= 15 is 0 Å². The minimum atomic E-state index is -2.82. The molecule has 17 heavy (non-hydrogen) atoms. The Hall–Kier alpha value is 0.360. The monoisotopic (exact) mass is 298 g/mol. The van der Waals surface area contributed by atoms with Gasteiger partial charge in [-0.15, -0.1) is 0 Å². The van der Waals surface area contributed by atoms with Crippen LogP contribution in [0.25, 0.3) is 0 Å². The molecule has 1 unspecified atom stereocenters.